The highest BCUT2D eigenvalue weighted by molar-refractivity contribution is 5.75. The molecule has 0 radical (unpaired) electrons. The van der Waals surface area contributed by atoms with Crippen LogP contribution in [0.5, 0.6) is 5.75 Å². The van der Waals surface area contributed by atoms with Crippen LogP contribution < -0.4 is 4.74 Å². The molecular weight excluding hydrogens is 338 g/mol. The van der Waals surface area contributed by atoms with E-state index >= 15 is 0 Å². The van der Waals surface area contributed by atoms with Crippen molar-refractivity contribution >= 4 is 11.7 Å². The molecule has 1 heterocycles. The summed E-state index contributed by atoms with van der Waals surface area (Å²) in [5, 5.41) is 21.9. The summed E-state index contributed by atoms with van der Waals surface area (Å²) in [6.45, 7) is 6.87. The Labute approximate surface area is 152 Å². The molecule has 140 valence electrons. The molecule has 26 heavy (non-hydrogen) atoms. The third-order valence-corrected chi connectivity index (χ3v) is 4.09. The maximum atomic E-state index is 12.0. The van der Waals surface area contributed by atoms with E-state index in [1.54, 1.807) is 31.9 Å². The van der Waals surface area contributed by atoms with Gasteiger partial charge in [-0.25, -0.2) is 4.79 Å². The highest BCUT2D eigenvalue weighted by atomic mass is 16.7. The average Bonchev–Trinajstić information content (AvgIpc) is 2.58. The first-order valence-corrected chi connectivity index (χ1v) is 8.50. The topological polar surface area (TPSA) is 106 Å². The van der Waals surface area contributed by atoms with Crippen molar-refractivity contribution in [3.63, 3.8) is 0 Å². The van der Waals surface area contributed by atoms with E-state index in [0.29, 0.717) is 19.7 Å². The predicted octanol–water partition coefficient (Wildman–Crippen LogP) is 3.06. The monoisotopic (exact) mass is 361 g/mol. The summed E-state index contributed by atoms with van der Waals surface area (Å²) in [5.41, 5.74) is -0.924. The van der Waals surface area contributed by atoms with Gasteiger partial charge in [-0.2, -0.15) is 5.26 Å². The maximum Gasteiger partial charge on any atom is 0.330 e. The third kappa shape index (κ3) is 4.92. The molecule has 1 aliphatic heterocycles. The number of nitriles is 1. The summed E-state index contributed by atoms with van der Waals surface area (Å²) >= 11 is 0. The van der Waals surface area contributed by atoms with Crippen LogP contribution in [-0.2, 0) is 9.63 Å². The second-order valence-electron chi connectivity index (χ2n) is 7.36. The van der Waals surface area contributed by atoms with Crippen LogP contribution in [-0.4, -0.2) is 35.7 Å². The van der Waals surface area contributed by atoms with Crippen molar-refractivity contribution in [3.05, 3.63) is 33.9 Å². The van der Waals surface area contributed by atoms with Crippen LogP contribution in [0.3, 0.4) is 0 Å². The first-order valence-electron chi connectivity index (χ1n) is 8.50. The van der Waals surface area contributed by atoms with Gasteiger partial charge in [0.2, 0.25) is 0 Å². The minimum Gasteiger partial charge on any atom is -0.492 e. The van der Waals surface area contributed by atoms with E-state index in [-0.39, 0.29) is 28.9 Å². The van der Waals surface area contributed by atoms with Gasteiger partial charge in [-0.1, -0.05) is 6.07 Å². The number of nitrogens with zero attached hydrogens (tertiary/aromatic N) is 3. The molecule has 0 N–H and O–H groups in total. The van der Waals surface area contributed by atoms with Crippen molar-refractivity contribution < 1.29 is 19.3 Å². The fraction of sp³-hybridized carbons (Fsp3) is 0.556. The lowest BCUT2D eigenvalue weighted by molar-refractivity contribution is -0.385. The SMILES string of the molecule is CC(C)(C)C(=O)ON1CCCC(COc2cccc([N+](=O)[O-])c2C#N)C1. The normalized spacial score (nSPS) is 18.0. The predicted molar refractivity (Wildman–Crippen MR) is 93.2 cm³/mol. The molecule has 0 spiro atoms. The van der Waals surface area contributed by atoms with Crippen LogP contribution in [0.15, 0.2) is 18.2 Å². The molecule has 1 aromatic carbocycles. The Morgan fingerprint density at radius 3 is 2.81 bits per heavy atom. The fourth-order valence-electron chi connectivity index (χ4n) is 2.61. The van der Waals surface area contributed by atoms with Gasteiger partial charge < -0.3 is 9.57 Å². The Kier molecular flexibility index (Phi) is 6.16. The van der Waals surface area contributed by atoms with Crippen molar-refractivity contribution in [2.75, 3.05) is 19.7 Å². The number of hydrogen-bond acceptors (Lipinski definition) is 7. The lowest BCUT2D eigenvalue weighted by Gasteiger charge is -2.32. The summed E-state index contributed by atoms with van der Waals surface area (Å²) in [4.78, 5) is 27.9. The Hall–Kier alpha value is -2.66. The minimum absolute atomic E-state index is 0.0793. The van der Waals surface area contributed by atoms with Gasteiger partial charge in [-0.05, 0) is 39.7 Å². The van der Waals surface area contributed by atoms with Gasteiger partial charge in [0.1, 0.15) is 11.8 Å². The van der Waals surface area contributed by atoms with Gasteiger partial charge in [0.15, 0.2) is 5.56 Å². The molecule has 1 saturated heterocycles. The van der Waals surface area contributed by atoms with Crippen molar-refractivity contribution in [1.82, 2.24) is 5.06 Å². The molecule has 1 aromatic rings. The number of nitro groups is 1. The number of nitro benzene ring substituents is 1. The number of benzene rings is 1. The van der Waals surface area contributed by atoms with Crippen molar-refractivity contribution in [3.8, 4) is 11.8 Å². The number of carbonyl (C=O) groups is 1. The quantitative estimate of drug-likeness (QED) is 0.586. The van der Waals surface area contributed by atoms with Gasteiger partial charge >= 0.3 is 5.97 Å². The Morgan fingerprint density at radius 2 is 2.19 bits per heavy atom. The first kappa shape index (κ1) is 19.7. The number of rotatable bonds is 5. The molecule has 0 aliphatic carbocycles. The van der Waals surface area contributed by atoms with E-state index in [9.17, 15) is 20.2 Å². The zero-order valence-electron chi connectivity index (χ0n) is 15.2. The Morgan fingerprint density at radius 1 is 1.46 bits per heavy atom. The lowest BCUT2D eigenvalue weighted by atomic mass is 9.97. The number of hydroxylamine groups is 2. The molecule has 0 bridgehead atoms. The van der Waals surface area contributed by atoms with Crippen LogP contribution in [0.4, 0.5) is 5.69 Å². The molecule has 1 fully saturated rings. The Balaban J connectivity index is 1.98. The van der Waals surface area contributed by atoms with Gasteiger partial charge in [-0.15, -0.1) is 5.06 Å². The van der Waals surface area contributed by atoms with Crippen molar-refractivity contribution in [1.29, 1.82) is 5.26 Å². The van der Waals surface area contributed by atoms with E-state index in [4.69, 9.17) is 9.57 Å². The van der Waals surface area contributed by atoms with Crippen molar-refractivity contribution in [2.45, 2.75) is 33.6 Å². The van der Waals surface area contributed by atoms with E-state index in [1.165, 1.54) is 12.1 Å². The minimum atomic E-state index is -0.598. The number of carbonyl (C=O) groups excluding carboxylic acids is 1. The molecule has 8 heteroatoms. The molecule has 1 atom stereocenters. The van der Waals surface area contributed by atoms with Crippen LogP contribution in [0.1, 0.15) is 39.2 Å². The van der Waals surface area contributed by atoms with Crippen LogP contribution in [0.2, 0.25) is 0 Å². The molecule has 0 saturated carbocycles. The summed E-state index contributed by atoms with van der Waals surface area (Å²) < 4.78 is 5.68. The third-order valence-electron chi connectivity index (χ3n) is 4.09. The first-order chi connectivity index (χ1) is 12.2. The molecule has 1 aliphatic rings. The van der Waals surface area contributed by atoms with E-state index in [1.807, 2.05) is 6.07 Å². The summed E-state index contributed by atoms with van der Waals surface area (Å²) in [6.07, 6.45) is 1.74. The lowest BCUT2D eigenvalue weighted by Crippen LogP contribution is -2.41. The van der Waals surface area contributed by atoms with Gasteiger partial charge in [0, 0.05) is 25.1 Å². The zero-order valence-corrected chi connectivity index (χ0v) is 15.2. The fourth-order valence-corrected chi connectivity index (χ4v) is 2.61. The second-order valence-corrected chi connectivity index (χ2v) is 7.36. The highest BCUT2D eigenvalue weighted by Crippen LogP contribution is 2.28. The highest BCUT2D eigenvalue weighted by Gasteiger charge is 2.29. The number of hydrogen-bond donors (Lipinski definition) is 0. The van der Waals surface area contributed by atoms with E-state index in [0.717, 1.165) is 12.8 Å². The van der Waals surface area contributed by atoms with E-state index < -0.39 is 10.3 Å². The number of ether oxygens (including phenoxy) is 1. The maximum absolute atomic E-state index is 12.0. The molecule has 0 amide bonds. The largest absolute Gasteiger partial charge is 0.492 e. The molecule has 8 nitrogen and oxygen atoms in total. The summed E-state index contributed by atoms with van der Waals surface area (Å²) in [7, 11) is 0. The van der Waals surface area contributed by atoms with Crippen LogP contribution in [0, 0.1) is 32.8 Å². The molecule has 1 unspecified atom stereocenters. The van der Waals surface area contributed by atoms with Crippen molar-refractivity contribution in [2.24, 2.45) is 11.3 Å². The number of piperidine rings is 1. The average molecular weight is 361 g/mol. The second kappa shape index (κ2) is 8.15. The van der Waals surface area contributed by atoms with E-state index in [2.05, 4.69) is 0 Å². The van der Waals surface area contributed by atoms with Gasteiger partial charge in [-0.3, -0.25) is 10.1 Å². The summed E-state index contributed by atoms with van der Waals surface area (Å²) in [6, 6.07) is 6.16. The summed E-state index contributed by atoms with van der Waals surface area (Å²) in [5.74, 6) is 0.0114. The molecule has 0 aromatic heterocycles. The molecular formula is C18H23N3O5. The van der Waals surface area contributed by atoms with Gasteiger partial charge in [0.25, 0.3) is 5.69 Å². The van der Waals surface area contributed by atoms with Gasteiger partial charge in [0.05, 0.1) is 16.9 Å². The Bertz CT molecular complexity index is 721. The molecule has 2 rings (SSSR count). The smallest absolute Gasteiger partial charge is 0.330 e. The standard InChI is InChI=1S/C18H23N3O5/c1-18(2,3)17(22)26-20-9-5-6-13(11-20)12-25-16-8-4-7-15(21(23)24)14(16)10-19/h4,7-8,13H,5-6,9,11-12H2,1-3H3. The zero-order chi connectivity index (χ0) is 19.3. The van der Waals surface area contributed by atoms with Crippen LogP contribution in [0.25, 0.3) is 0 Å². The van der Waals surface area contributed by atoms with Crippen LogP contribution >= 0.6 is 0 Å².